The second-order valence-electron chi connectivity index (χ2n) is 7.55. The Hall–Kier alpha value is -2.59. The predicted octanol–water partition coefficient (Wildman–Crippen LogP) is 3.96. The third kappa shape index (κ3) is 6.24. The predicted molar refractivity (Wildman–Crippen MR) is 118 cm³/mol. The number of carbonyl (C=O) groups is 1. The second kappa shape index (κ2) is 10.1. The van der Waals surface area contributed by atoms with Crippen molar-refractivity contribution in [2.24, 2.45) is 0 Å². The average Bonchev–Trinajstić information content (AvgIpc) is 2.68. The van der Waals surface area contributed by atoms with Crippen LogP contribution < -0.4 is 5.32 Å². The van der Waals surface area contributed by atoms with E-state index in [9.17, 15) is 4.79 Å². The van der Waals surface area contributed by atoms with Crippen LogP contribution in [-0.4, -0.2) is 55.0 Å². The summed E-state index contributed by atoms with van der Waals surface area (Å²) in [7, 11) is 0. The number of aryl methyl sites for hydroxylation is 2. The standard InChI is InChI=1S/C24H31N3O/c1-20-17-21(2)19-23(18-20)25-11-10-24(28)27-15-13-26(14-16-27)12-6-9-22-7-4-3-5-8-22/h3-9,17-19,25H,10-16H2,1-2H3/b9-6+. The van der Waals surface area contributed by atoms with Crippen LogP contribution in [0.3, 0.4) is 0 Å². The van der Waals surface area contributed by atoms with E-state index >= 15 is 0 Å². The summed E-state index contributed by atoms with van der Waals surface area (Å²) in [5, 5.41) is 3.38. The van der Waals surface area contributed by atoms with E-state index < -0.39 is 0 Å². The van der Waals surface area contributed by atoms with E-state index in [4.69, 9.17) is 0 Å². The molecule has 4 heteroatoms. The van der Waals surface area contributed by atoms with Crippen LogP contribution in [0.25, 0.3) is 6.08 Å². The van der Waals surface area contributed by atoms with E-state index in [0.29, 0.717) is 13.0 Å². The molecule has 1 aliphatic rings. The molecule has 2 aromatic carbocycles. The van der Waals surface area contributed by atoms with Crippen LogP contribution in [0.2, 0.25) is 0 Å². The number of anilines is 1. The highest BCUT2D eigenvalue weighted by molar-refractivity contribution is 5.76. The first-order valence-corrected chi connectivity index (χ1v) is 10.1. The Kier molecular flexibility index (Phi) is 7.26. The van der Waals surface area contributed by atoms with Gasteiger partial charge in [-0.3, -0.25) is 9.69 Å². The SMILES string of the molecule is Cc1cc(C)cc(NCCC(=O)N2CCN(C/C=C/c3ccccc3)CC2)c1. The van der Waals surface area contributed by atoms with Crippen molar-refractivity contribution in [2.75, 3.05) is 44.6 Å². The van der Waals surface area contributed by atoms with Gasteiger partial charge in [0.2, 0.25) is 5.91 Å². The maximum atomic E-state index is 12.5. The van der Waals surface area contributed by atoms with Crippen LogP contribution in [0.5, 0.6) is 0 Å². The highest BCUT2D eigenvalue weighted by Crippen LogP contribution is 2.14. The van der Waals surface area contributed by atoms with E-state index in [1.165, 1.54) is 16.7 Å². The quantitative estimate of drug-likeness (QED) is 0.793. The van der Waals surface area contributed by atoms with Crippen molar-refractivity contribution in [1.82, 2.24) is 9.80 Å². The smallest absolute Gasteiger partial charge is 0.224 e. The summed E-state index contributed by atoms with van der Waals surface area (Å²) in [5.74, 6) is 0.247. The molecule has 3 rings (SSSR count). The maximum Gasteiger partial charge on any atom is 0.224 e. The van der Waals surface area contributed by atoms with Gasteiger partial charge in [-0.05, 0) is 42.7 Å². The van der Waals surface area contributed by atoms with Crippen LogP contribution >= 0.6 is 0 Å². The molecular weight excluding hydrogens is 346 g/mol. The Balaban J connectivity index is 1.36. The molecule has 1 fully saturated rings. The van der Waals surface area contributed by atoms with Gasteiger partial charge < -0.3 is 10.2 Å². The first kappa shape index (κ1) is 20.2. The molecule has 1 N–H and O–H groups in total. The minimum Gasteiger partial charge on any atom is -0.385 e. The van der Waals surface area contributed by atoms with Crippen LogP contribution in [0.15, 0.2) is 54.6 Å². The molecule has 0 saturated carbocycles. The summed E-state index contributed by atoms with van der Waals surface area (Å²) < 4.78 is 0. The highest BCUT2D eigenvalue weighted by Gasteiger charge is 2.19. The van der Waals surface area contributed by atoms with Crippen molar-refractivity contribution < 1.29 is 4.79 Å². The fourth-order valence-electron chi connectivity index (χ4n) is 3.63. The molecule has 28 heavy (non-hydrogen) atoms. The first-order chi connectivity index (χ1) is 13.6. The largest absolute Gasteiger partial charge is 0.385 e. The van der Waals surface area contributed by atoms with Gasteiger partial charge in [0, 0.05) is 51.4 Å². The number of hydrogen-bond acceptors (Lipinski definition) is 3. The van der Waals surface area contributed by atoms with Crippen molar-refractivity contribution in [2.45, 2.75) is 20.3 Å². The highest BCUT2D eigenvalue weighted by atomic mass is 16.2. The Bertz CT molecular complexity index is 773. The van der Waals surface area contributed by atoms with Gasteiger partial charge in [-0.2, -0.15) is 0 Å². The first-order valence-electron chi connectivity index (χ1n) is 10.1. The number of hydrogen-bond donors (Lipinski definition) is 1. The zero-order valence-corrected chi connectivity index (χ0v) is 17.0. The molecule has 0 spiro atoms. The fraction of sp³-hybridized carbons (Fsp3) is 0.375. The molecule has 0 bridgehead atoms. The second-order valence-corrected chi connectivity index (χ2v) is 7.55. The minimum absolute atomic E-state index is 0.247. The van der Waals surface area contributed by atoms with Crippen molar-refractivity contribution in [3.8, 4) is 0 Å². The zero-order valence-electron chi connectivity index (χ0n) is 17.0. The number of rotatable bonds is 7. The average molecular weight is 378 g/mol. The number of amides is 1. The number of piperazine rings is 1. The van der Waals surface area contributed by atoms with Crippen LogP contribution in [0, 0.1) is 13.8 Å². The van der Waals surface area contributed by atoms with Gasteiger partial charge in [0.15, 0.2) is 0 Å². The molecule has 0 radical (unpaired) electrons. The van der Waals surface area contributed by atoms with Crippen molar-refractivity contribution in [3.63, 3.8) is 0 Å². The van der Waals surface area contributed by atoms with E-state index in [0.717, 1.165) is 38.4 Å². The lowest BCUT2D eigenvalue weighted by atomic mass is 10.1. The summed E-state index contributed by atoms with van der Waals surface area (Å²) in [6, 6.07) is 16.8. The van der Waals surface area contributed by atoms with Crippen molar-refractivity contribution >= 4 is 17.7 Å². The zero-order chi connectivity index (χ0) is 19.8. The molecule has 2 aromatic rings. The summed E-state index contributed by atoms with van der Waals surface area (Å²) in [5.41, 5.74) is 4.81. The fourth-order valence-corrected chi connectivity index (χ4v) is 3.63. The van der Waals surface area contributed by atoms with Gasteiger partial charge in [0.1, 0.15) is 0 Å². The molecular formula is C24H31N3O. The third-order valence-electron chi connectivity index (χ3n) is 5.09. The molecule has 1 amide bonds. The summed E-state index contributed by atoms with van der Waals surface area (Å²) in [6.45, 7) is 9.33. The Morgan fingerprint density at radius 2 is 1.68 bits per heavy atom. The lowest BCUT2D eigenvalue weighted by Gasteiger charge is -2.34. The molecule has 1 heterocycles. The lowest BCUT2D eigenvalue weighted by Crippen LogP contribution is -2.48. The third-order valence-corrected chi connectivity index (χ3v) is 5.09. The number of carbonyl (C=O) groups excluding carboxylic acids is 1. The molecule has 0 atom stereocenters. The minimum atomic E-state index is 0.247. The van der Waals surface area contributed by atoms with Crippen LogP contribution in [0.1, 0.15) is 23.1 Å². The lowest BCUT2D eigenvalue weighted by molar-refractivity contribution is -0.132. The van der Waals surface area contributed by atoms with E-state index in [1.807, 2.05) is 11.0 Å². The molecule has 0 unspecified atom stereocenters. The number of benzene rings is 2. The molecule has 0 aliphatic carbocycles. The molecule has 1 saturated heterocycles. The van der Waals surface area contributed by atoms with Gasteiger partial charge in [-0.15, -0.1) is 0 Å². The van der Waals surface area contributed by atoms with Crippen molar-refractivity contribution in [1.29, 1.82) is 0 Å². The summed E-state index contributed by atoms with van der Waals surface area (Å²) in [4.78, 5) is 16.9. The monoisotopic (exact) mass is 377 g/mol. The molecule has 4 nitrogen and oxygen atoms in total. The van der Waals surface area contributed by atoms with Gasteiger partial charge in [-0.25, -0.2) is 0 Å². The van der Waals surface area contributed by atoms with Crippen LogP contribution in [0.4, 0.5) is 5.69 Å². The van der Waals surface area contributed by atoms with Gasteiger partial charge in [0.25, 0.3) is 0 Å². The van der Waals surface area contributed by atoms with E-state index in [-0.39, 0.29) is 5.91 Å². The Morgan fingerprint density at radius 1 is 1.00 bits per heavy atom. The number of nitrogens with one attached hydrogen (secondary N) is 1. The topological polar surface area (TPSA) is 35.6 Å². The Labute approximate surface area is 168 Å². The van der Waals surface area contributed by atoms with E-state index in [1.54, 1.807) is 0 Å². The molecule has 0 aromatic heterocycles. The van der Waals surface area contributed by atoms with E-state index in [2.05, 4.69) is 78.7 Å². The van der Waals surface area contributed by atoms with Gasteiger partial charge in [-0.1, -0.05) is 48.6 Å². The van der Waals surface area contributed by atoms with Crippen molar-refractivity contribution in [3.05, 3.63) is 71.3 Å². The van der Waals surface area contributed by atoms with Gasteiger partial charge >= 0.3 is 0 Å². The molecule has 1 aliphatic heterocycles. The maximum absolute atomic E-state index is 12.5. The number of nitrogens with zero attached hydrogens (tertiary/aromatic N) is 2. The summed E-state index contributed by atoms with van der Waals surface area (Å²) >= 11 is 0. The Morgan fingerprint density at radius 3 is 2.36 bits per heavy atom. The molecule has 148 valence electrons. The summed E-state index contributed by atoms with van der Waals surface area (Å²) in [6.07, 6.45) is 4.91. The van der Waals surface area contributed by atoms with Gasteiger partial charge in [0.05, 0.1) is 0 Å². The van der Waals surface area contributed by atoms with Crippen LogP contribution in [-0.2, 0) is 4.79 Å². The normalized spacial score (nSPS) is 15.1.